The topological polar surface area (TPSA) is 106 Å². The van der Waals surface area contributed by atoms with E-state index in [2.05, 4.69) is 9.83 Å². The third-order valence-electron chi connectivity index (χ3n) is 6.77. The average molecular weight is 488 g/mol. The van der Waals surface area contributed by atoms with Crippen molar-refractivity contribution in [3.63, 3.8) is 0 Å². The van der Waals surface area contributed by atoms with Crippen molar-refractivity contribution >= 4 is 17.6 Å². The van der Waals surface area contributed by atoms with Crippen LogP contribution in [0, 0.1) is 12.4 Å². The number of nitrogens with two attached hydrogens (primary N) is 1. The van der Waals surface area contributed by atoms with Crippen molar-refractivity contribution in [2.45, 2.75) is 44.1 Å². The molecule has 0 bridgehead atoms. The molecule has 2 aliphatic rings. The first kappa shape index (κ1) is 23.7. The van der Waals surface area contributed by atoms with Crippen LogP contribution < -0.4 is 5.73 Å². The summed E-state index contributed by atoms with van der Waals surface area (Å²) in [4.78, 5) is 34.9. The highest BCUT2D eigenvalue weighted by molar-refractivity contribution is 5.96. The minimum absolute atomic E-state index is 0.0161. The molecule has 1 aromatic heterocycles. The fraction of sp³-hybridized carbons (Fsp3) is 0.333. The molecule has 0 unspecified atom stereocenters. The van der Waals surface area contributed by atoms with Crippen molar-refractivity contribution in [3.05, 3.63) is 76.7 Å². The molecule has 1 saturated carbocycles. The molecule has 3 N–H and O–H groups in total. The standard InChI is InChI=1S/C27H26FN5O3/c1-30-22-11-8-18(13-21(22)28)26-31-25(27(36)32-12-2-3-19(29)15-32)23(14-24(34)35)33(26)20-9-6-17(7-10-20)16-4-5-16/h6-11,13,16,19H,2-5,12,14-15,29H2,(H,34,35)/t19-/m0/s1. The zero-order valence-corrected chi connectivity index (χ0v) is 19.7. The summed E-state index contributed by atoms with van der Waals surface area (Å²) >= 11 is 0. The lowest BCUT2D eigenvalue weighted by Gasteiger charge is -2.30. The number of halogens is 1. The van der Waals surface area contributed by atoms with E-state index in [0.717, 1.165) is 25.7 Å². The number of piperidine rings is 1. The highest BCUT2D eigenvalue weighted by Gasteiger charge is 2.31. The summed E-state index contributed by atoms with van der Waals surface area (Å²) in [6, 6.07) is 11.7. The maximum absolute atomic E-state index is 14.6. The summed E-state index contributed by atoms with van der Waals surface area (Å²) in [7, 11) is 0. The van der Waals surface area contributed by atoms with Crippen molar-refractivity contribution < 1.29 is 19.1 Å². The molecule has 1 atom stereocenters. The predicted octanol–water partition coefficient (Wildman–Crippen LogP) is 4.30. The van der Waals surface area contributed by atoms with E-state index in [0.29, 0.717) is 30.3 Å². The Kier molecular flexibility index (Phi) is 6.29. The lowest BCUT2D eigenvalue weighted by atomic mass is 10.1. The molecule has 8 nitrogen and oxygen atoms in total. The normalized spacial score (nSPS) is 17.6. The number of nitrogens with zero attached hydrogens (tertiary/aromatic N) is 4. The molecule has 2 heterocycles. The number of carbonyl (C=O) groups excluding carboxylic acids is 1. The summed E-state index contributed by atoms with van der Waals surface area (Å²) < 4.78 is 16.2. The fourth-order valence-corrected chi connectivity index (χ4v) is 4.80. The van der Waals surface area contributed by atoms with Gasteiger partial charge in [-0.05, 0) is 55.4 Å². The Balaban J connectivity index is 1.69. The molecule has 2 fully saturated rings. The number of likely N-dealkylation sites (tertiary alicyclic amines) is 1. The van der Waals surface area contributed by atoms with E-state index >= 15 is 0 Å². The second kappa shape index (κ2) is 9.55. The van der Waals surface area contributed by atoms with Crippen LogP contribution >= 0.6 is 0 Å². The van der Waals surface area contributed by atoms with Gasteiger partial charge in [-0.15, -0.1) is 0 Å². The Hall–Kier alpha value is -4.03. The van der Waals surface area contributed by atoms with Crippen LogP contribution in [-0.4, -0.2) is 50.6 Å². The minimum Gasteiger partial charge on any atom is -0.481 e. The molecule has 1 saturated heterocycles. The van der Waals surface area contributed by atoms with Crippen molar-refractivity contribution in [1.29, 1.82) is 0 Å². The number of hydrogen-bond acceptors (Lipinski definition) is 4. The van der Waals surface area contributed by atoms with Gasteiger partial charge in [-0.25, -0.2) is 14.2 Å². The monoisotopic (exact) mass is 487 g/mol. The van der Waals surface area contributed by atoms with Gasteiger partial charge in [0.05, 0.1) is 18.7 Å². The van der Waals surface area contributed by atoms with Crippen molar-refractivity contribution in [2.24, 2.45) is 5.73 Å². The van der Waals surface area contributed by atoms with Crippen LogP contribution in [0.15, 0.2) is 42.5 Å². The highest BCUT2D eigenvalue weighted by atomic mass is 19.1. The second-order valence-electron chi connectivity index (χ2n) is 9.43. The van der Waals surface area contributed by atoms with E-state index in [1.165, 1.54) is 17.7 Å². The van der Waals surface area contributed by atoms with Crippen LogP contribution in [0.4, 0.5) is 10.1 Å². The molecule has 1 aliphatic carbocycles. The molecule has 1 amide bonds. The number of hydrogen-bond donors (Lipinski definition) is 2. The maximum atomic E-state index is 14.6. The first-order valence-electron chi connectivity index (χ1n) is 12.0. The van der Waals surface area contributed by atoms with Gasteiger partial charge in [0, 0.05) is 30.4 Å². The largest absolute Gasteiger partial charge is 0.481 e. The number of imidazole rings is 1. The van der Waals surface area contributed by atoms with E-state index in [1.807, 2.05) is 24.3 Å². The van der Waals surface area contributed by atoms with Gasteiger partial charge in [0.1, 0.15) is 11.6 Å². The third kappa shape index (κ3) is 4.60. The van der Waals surface area contributed by atoms with E-state index in [4.69, 9.17) is 12.3 Å². The molecule has 3 aromatic rings. The summed E-state index contributed by atoms with van der Waals surface area (Å²) in [5.41, 5.74) is 8.36. The van der Waals surface area contributed by atoms with Crippen LogP contribution in [0.5, 0.6) is 0 Å². The van der Waals surface area contributed by atoms with Crippen LogP contribution in [0.25, 0.3) is 21.9 Å². The van der Waals surface area contributed by atoms with Crippen molar-refractivity contribution in [3.8, 4) is 17.1 Å². The first-order valence-corrected chi connectivity index (χ1v) is 12.0. The predicted molar refractivity (Wildman–Crippen MR) is 132 cm³/mol. The third-order valence-corrected chi connectivity index (χ3v) is 6.77. The van der Waals surface area contributed by atoms with E-state index in [-0.39, 0.29) is 28.9 Å². The van der Waals surface area contributed by atoms with Gasteiger partial charge in [-0.3, -0.25) is 14.2 Å². The van der Waals surface area contributed by atoms with Gasteiger partial charge in [0.25, 0.3) is 5.91 Å². The Bertz CT molecular complexity index is 1370. The summed E-state index contributed by atoms with van der Waals surface area (Å²) in [6.45, 7) is 8.00. The number of aliphatic carboxylic acids is 1. The number of carboxylic acids is 1. The molecular formula is C27H26FN5O3. The van der Waals surface area contributed by atoms with Gasteiger partial charge in [0.15, 0.2) is 5.69 Å². The molecule has 184 valence electrons. The SMILES string of the molecule is [C-]#[N+]c1ccc(-c2nc(C(=O)N3CCC[C@H](N)C3)c(CC(=O)O)n2-c2ccc(C3CC3)cc2)cc1F. The van der Waals surface area contributed by atoms with E-state index in [1.54, 1.807) is 15.5 Å². The average Bonchev–Trinajstić information content (AvgIpc) is 3.65. The molecule has 2 aromatic carbocycles. The quantitative estimate of drug-likeness (QED) is 0.505. The van der Waals surface area contributed by atoms with Gasteiger partial charge >= 0.3 is 5.97 Å². The lowest BCUT2D eigenvalue weighted by molar-refractivity contribution is -0.136. The number of carbonyl (C=O) groups is 2. The Morgan fingerprint density at radius 3 is 2.53 bits per heavy atom. The van der Waals surface area contributed by atoms with Gasteiger partial charge in [-0.1, -0.05) is 24.3 Å². The van der Waals surface area contributed by atoms with Crippen LogP contribution in [0.1, 0.15) is 53.3 Å². The number of aromatic nitrogens is 2. The molecule has 1 aliphatic heterocycles. The Morgan fingerprint density at radius 1 is 1.17 bits per heavy atom. The van der Waals surface area contributed by atoms with E-state index in [9.17, 15) is 19.1 Å². The number of amides is 1. The molecular weight excluding hydrogens is 461 g/mol. The fourth-order valence-electron chi connectivity index (χ4n) is 4.80. The molecule has 9 heteroatoms. The Morgan fingerprint density at radius 2 is 1.92 bits per heavy atom. The zero-order valence-electron chi connectivity index (χ0n) is 19.7. The number of benzene rings is 2. The summed E-state index contributed by atoms with van der Waals surface area (Å²) in [5.74, 6) is -1.44. The van der Waals surface area contributed by atoms with Gasteiger partial charge in [0.2, 0.25) is 5.69 Å². The number of rotatable bonds is 6. The van der Waals surface area contributed by atoms with Crippen molar-refractivity contribution in [1.82, 2.24) is 14.5 Å². The summed E-state index contributed by atoms with van der Waals surface area (Å²) in [6.07, 6.45) is 3.40. The Labute approximate surface area is 208 Å². The first-order chi connectivity index (χ1) is 17.4. The second-order valence-corrected chi connectivity index (χ2v) is 9.43. The van der Waals surface area contributed by atoms with Gasteiger partial charge in [-0.2, -0.15) is 0 Å². The smallest absolute Gasteiger partial charge is 0.309 e. The maximum Gasteiger partial charge on any atom is 0.309 e. The van der Waals surface area contributed by atoms with Crippen molar-refractivity contribution in [2.75, 3.05) is 13.1 Å². The molecule has 0 radical (unpaired) electrons. The lowest BCUT2D eigenvalue weighted by Crippen LogP contribution is -2.46. The minimum atomic E-state index is -1.11. The molecule has 0 spiro atoms. The van der Waals surface area contributed by atoms with Gasteiger partial charge < -0.3 is 15.7 Å². The van der Waals surface area contributed by atoms with E-state index < -0.39 is 24.1 Å². The van der Waals surface area contributed by atoms with Crippen LogP contribution in [-0.2, 0) is 11.2 Å². The summed E-state index contributed by atoms with van der Waals surface area (Å²) in [5, 5.41) is 9.74. The van der Waals surface area contributed by atoms with Crippen LogP contribution in [0.2, 0.25) is 0 Å². The highest BCUT2D eigenvalue weighted by Crippen LogP contribution is 2.40. The van der Waals surface area contributed by atoms with Crippen LogP contribution in [0.3, 0.4) is 0 Å². The molecule has 5 rings (SSSR count). The molecule has 36 heavy (non-hydrogen) atoms. The number of carboxylic acid groups (broad SMARTS) is 1. The zero-order chi connectivity index (χ0) is 25.4.